The van der Waals surface area contributed by atoms with E-state index in [2.05, 4.69) is 0 Å². The van der Waals surface area contributed by atoms with Crippen LogP contribution in [0.2, 0.25) is 5.02 Å². The molecule has 0 aliphatic rings. The molecule has 2 aromatic carbocycles. The SMILES string of the molecule is O=C(O)/C=C/C(=O)c1ccc(-c2ccc(Cl)cc2)cc1. The topological polar surface area (TPSA) is 54.4 Å². The van der Waals surface area contributed by atoms with E-state index in [0.29, 0.717) is 10.6 Å². The minimum atomic E-state index is -1.14. The molecule has 2 rings (SSSR count). The maximum Gasteiger partial charge on any atom is 0.328 e. The van der Waals surface area contributed by atoms with E-state index < -0.39 is 5.97 Å². The highest BCUT2D eigenvalue weighted by Crippen LogP contribution is 2.22. The fraction of sp³-hybridized carbons (Fsp3) is 0. The Morgan fingerprint density at radius 2 is 1.35 bits per heavy atom. The van der Waals surface area contributed by atoms with Crippen molar-refractivity contribution in [3.8, 4) is 11.1 Å². The van der Waals surface area contributed by atoms with Gasteiger partial charge in [-0.1, -0.05) is 48.0 Å². The second kappa shape index (κ2) is 6.17. The van der Waals surface area contributed by atoms with Crippen molar-refractivity contribution >= 4 is 23.4 Å². The minimum absolute atomic E-state index is 0.338. The number of carboxylic acids is 1. The summed E-state index contributed by atoms with van der Waals surface area (Å²) in [6, 6.07) is 14.3. The molecule has 0 aliphatic heterocycles. The van der Waals surface area contributed by atoms with Crippen molar-refractivity contribution in [2.75, 3.05) is 0 Å². The summed E-state index contributed by atoms with van der Waals surface area (Å²) in [5.74, 6) is -1.48. The third kappa shape index (κ3) is 3.56. The van der Waals surface area contributed by atoms with E-state index in [-0.39, 0.29) is 5.78 Å². The zero-order chi connectivity index (χ0) is 14.5. The van der Waals surface area contributed by atoms with Crippen LogP contribution >= 0.6 is 11.6 Å². The molecule has 0 radical (unpaired) electrons. The molecule has 3 nitrogen and oxygen atoms in total. The molecule has 0 atom stereocenters. The van der Waals surface area contributed by atoms with E-state index in [0.717, 1.165) is 23.3 Å². The molecular weight excluding hydrogens is 276 g/mol. The van der Waals surface area contributed by atoms with Crippen LogP contribution in [0.15, 0.2) is 60.7 Å². The molecule has 0 saturated heterocycles. The molecular formula is C16H11ClO3. The first-order valence-corrected chi connectivity index (χ1v) is 6.25. The number of hydrogen-bond donors (Lipinski definition) is 1. The van der Waals surface area contributed by atoms with Crippen molar-refractivity contribution in [2.45, 2.75) is 0 Å². The third-order valence-electron chi connectivity index (χ3n) is 2.72. The Morgan fingerprint density at radius 3 is 1.85 bits per heavy atom. The highest BCUT2D eigenvalue weighted by Gasteiger charge is 2.03. The van der Waals surface area contributed by atoms with Crippen molar-refractivity contribution in [3.05, 3.63) is 71.3 Å². The average molecular weight is 287 g/mol. The van der Waals surface area contributed by atoms with E-state index in [4.69, 9.17) is 16.7 Å². The molecule has 0 aliphatic carbocycles. The molecule has 0 fully saturated rings. The smallest absolute Gasteiger partial charge is 0.328 e. The fourth-order valence-corrected chi connectivity index (χ4v) is 1.84. The summed E-state index contributed by atoms with van der Waals surface area (Å²) in [5.41, 5.74) is 2.40. The van der Waals surface area contributed by atoms with Crippen molar-refractivity contribution in [1.82, 2.24) is 0 Å². The van der Waals surface area contributed by atoms with Gasteiger partial charge in [-0.2, -0.15) is 0 Å². The van der Waals surface area contributed by atoms with Crippen LogP contribution in [0.1, 0.15) is 10.4 Å². The molecule has 100 valence electrons. The molecule has 1 N–H and O–H groups in total. The van der Waals surface area contributed by atoms with Crippen LogP contribution in [0.25, 0.3) is 11.1 Å². The number of aliphatic carboxylic acids is 1. The summed E-state index contributed by atoms with van der Waals surface area (Å²) < 4.78 is 0. The maximum absolute atomic E-state index is 11.7. The van der Waals surface area contributed by atoms with Gasteiger partial charge in [-0.05, 0) is 29.3 Å². The van der Waals surface area contributed by atoms with Gasteiger partial charge >= 0.3 is 5.97 Å². The van der Waals surface area contributed by atoms with Crippen molar-refractivity contribution in [1.29, 1.82) is 0 Å². The normalized spacial score (nSPS) is 10.7. The van der Waals surface area contributed by atoms with Gasteiger partial charge in [0.25, 0.3) is 0 Å². The largest absolute Gasteiger partial charge is 0.478 e. The zero-order valence-electron chi connectivity index (χ0n) is 10.4. The Bertz CT molecular complexity index is 655. The highest BCUT2D eigenvalue weighted by molar-refractivity contribution is 6.30. The van der Waals surface area contributed by atoms with Crippen LogP contribution in [-0.2, 0) is 4.79 Å². The first-order valence-electron chi connectivity index (χ1n) is 5.87. The van der Waals surface area contributed by atoms with Gasteiger partial charge in [-0.25, -0.2) is 4.79 Å². The molecule has 4 heteroatoms. The van der Waals surface area contributed by atoms with Crippen LogP contribution < -0.4 is 0 Å². The first kappa shape index (κ1) is 14.0. The summed E-state index contributed by atoms with van der Waals surface area (Å²) in [4.78, 5) is 22.0. The summed E-state index contributed by atoms with van der Waals surface area (Å²) in [7, 11) is 0. The molecule has 0 spiro atoms. The lowest BCUT2D eigenvalue weighted by molar-refractivity contribution is -0.131. The molecule has 0 saturated carbocycles. The predicted octanol–water partition coefficient (Wildman–Crippen LogP) is 3.83. The van der Waals surface area contributed by atoms with Crippen LogP contribution in [0.4, 0.5) is 0 Å². The lowest BCUT2D eigenvalue weighted by atomic mass is 10.0. The van der Waals surface area contributed by atoms with Gasteiger partial charge in [0.1, 0.15) is 0 Å². The number of halogens is 1. The number of hydrogen-bond acceptors (Lipinski definition) is 2. The molecule has 2 aromatic rings. The van der Waals surface area contributed by atoms with E-state index in [1.165, 1.54) is 0 Å². The number of rotatable bonds is 4. The van der Waals surface area contributed by atoms with Crippen molar-refractivity contribution < 1.29 is 14.7 Å². The quantitative estimate of drug-likeness (QED) is 0.686. The zero-order valence-corrected chi connectivity index (χ0v) is 11.2. The molecule has 0 bridgehead atoms. The van der Waals surface area contributed by atoms with Crippen molar-refractivity contribution in [2.24, 2.45) is 0 Å². The van der Waals surface area contributed by atoms with Gasteiger partial charge in [0, 0.05) is 16.7 Å². The van der Waals surface area contributed by atoms with Gasteiger partial charge in [0.15, 0.2) is 5.78 Å². The Balaban J connectivity index is 2.20. The minimum Gasteiger partial charge on any atom is -0.478 e. The Morgan fingerprint density at radius 1 is 0.850 bits per heavy atom. The summed E-state index contributed by atoms with van der Waals surface area (Å²) in [6.07, 6.45) is 1.87. The van der Waals surface area contributed by atoms with Gasteiger partial charge < -0.3 is 5.11 Å². The molecule has 0 unspecified atom stereocenters. The summed E-state index contributed by atoms with van der Waals surface area (Å²) >= 11 is 5.83. The number of benzene rings is 2. The molecule has 0 aromatic heterocycles. The van der Waals surface area contributed by atoms with E-state index in [1.54, 1.807) is 24.3 Å². The number of ketones is 1. The number of allylic oxidation sites excluding steroid dienone is 1. The van der Waals surface area contributed by atoms with E-state index in [9.17, 15) is 9.59 Å². The number of carbonyl (C=O) groups excluding carboxylic acids is 1. The van der Waals surface area contributed by atoms with Crippen LogP contribution in [-0.4, -0.2) is 16.9 Å². The molecule has 20 heavy (non-hydrogen) atoms. The fourth-order valence-electron chi connectivity index (χ4n) is 1.71. The summed E-state index contributed by atoms with van der Waals surface area (Å²) in [5, 5.41) is 9.14. The lowest BCUT2D eigenvalue weighted by Gasteiger charge is -2.03. The Kier molecular flexibility index (Phi) is 4.33. The van der Waals surface area contributed by atoms with Gasteiger partial charge in [-0.15, -0.1) is 0 Å². The standard InChI is InChI=1S/C16H11ClO3/c17-14-7-5-12(6-8-14)11-1-3-13(4-2-11)15(18)9-10-16(19)20/h1-10H,(H,19,20)/b10-9+. The van der Waals surface area contributed by atoms with E-state index in [1.807, 2.05) is 24.3 Å². The Hall–Kier alpha value is -2.39. The average Bonchev–Trinajstić information content (AvgIpc) is 2.46. The van der Waals surface area contributed by atoms with Crippen LogP contribution in [0.3, 0.4) is 0 Å². The monoisotopic (exact) mass is 286 g/mol. The summed E-state index contributed by atoms with van der Waals surface area (Å²) in [6.45, 7) is 0. The number of carboxylic acid groups (broad SMARTS) is 1. The predicted molar refractivity (Wildman–Crippen MR) is 78.0 cm³/mol. The second-order valence-corrected chi connectivity index (χ2v) is 4.56. The van der Waals surface area contributed by atoms with Gasteiger partial charge in [0.05, 0.1) is 0 Å². The maximum atomic E-state index is 11.7. The second-order valence-electron chi connectivity index (χ2n) is 4.12. The van der Waals surface area contributed by atoms with Gasteiger partial charge in [-0.3, -0.25) is 4.79 Å². The van der Waals surface area contributed by atoms with E-state index >= 15 is 0 Å². The first-order chi connectivity index (χ1) is 9.56. The third-order valence-corrected chi connectivity index (χ3v) is 2.98. The lowest BCUT2D eigenvalue weighted by Crippen LogP contribution is -1.96. The molecule has 0 amide bonds. The highest BCUT2D eigenvalue weighted by atomic mass is 35.5. The molecule has 0 heterocycles. The van der Waals surface area contributed by atoms with Crippen LogP contribution in [0.5, 0.6) is 0 Å². The van der Waals surface area contributed by atoms with Crippen LogP contribution in [0, 0.1) is 0 Å². The number of carbonyl (C=O) groups is 2. The van der Waals surface area contributed by atoms with Gasteiger partial charge in [0.2, 0.25) is 0 Å². The van der Waals surface area contributed by atoms with Crippen molar-refractivity contribution in [3.63, 3.8) is 0 Å². The Labute approximate surface area is 121 Å².